The van der Waals surface area contributed by atoms with E-state index < -0.39 is 0 Å². The average Bonchev–Trinajstić information content (AvgIpc) is 2.45. The summed E-state index contributed by atoms with van der Waals surface area (Å²) in [6, 6.07) is 7.94. The fourth-order valence-electron chi connectivity index (χ4n) is 2.56. The molecule has 1 nitrogen and oxygen atoms in total. The van der Waals surface area contributed by atoms with Crippen LogP contribution in [0, 0.1) is 6.92 Å². The molecule has 0 aliphatic heterocycles. The van der Waals surface area contributed by atoms with Crippen molar-refractivity contribution in [1.82, 2.24) is 0 Å². The van der Waals surface area contributed by atoms with Crippen LogP contribution in [0.15, 0.2) is 24.3 Å². The highest BCUT2D eigenvalue weighted by Crippen LogP contribution is 2.13. The van der Waals surface area contributed by atoms with Gasteiger partial charge in [0.05, 0.1) is 0 Å². The van der Waals surface area contributed by atoms with E-state index >= 15 is 0 Å². The quantitative estimate of drug-likeness (QED) is 0.352. The van der Waals surface area contributed by atoms with E-state index in [2.05, 4.69) is 6.92 Å². The van der Waals surface area contributed by atoms with Crippen molar-refractivity contribution < 1.29 is 4.79 Å². The van der Waals surface area contributed by atoms with E-state index in [1.54, 1.807) is 0 Å². The van der Waals surface area contributed by atoms with Crippen LogP contribution < -0.4 is 0 Å². The molecule has 0 amide bonds. The van der Waals surface area contributed by atoms with Crippen molar-refractivity contribution in [2.24, 2.45) is 0 Å². The third-order valence-corrected chi connectivity index (χ3v) is 3.85. The summed E-state index contributed by atoms with van der Waals surface area (Å²) in [6.45, 7) is 4.29. The van der Waals surface area contributed by atoms with E-state index in [0.717, 1.165) is 12.0 Å². The number of Topliss-reactive ketones (excluding diaryl/α,β-unsaturated/α-hetero) is 1. The zero-order valence-electron chi connectivity index (χ0n) is 13.3. The highest BCUT2D eigenvalue weighted by molar-refractivity contribution is 5.96. The zero-order chi connectivity index (χ0) is 14.6. The smallest absolute Gasteiger partial charge is 0.162 e. The summed E-state index contributed by atoms with van der Waals surface area (Å²) in [5.41, 5.74) is 2.05. The molecule has 0 aromatic heterocycles. The first kappa shape index (κ1) is 16.9. The minimum absolute atomic E-state index is 0.302. The molecular formula is C19H30O. The van der Waals surface area contributed by atoms with E-state index in [4.69, 9.17) is 0 Å². The largest absolute Gasteiger partial charge is 0.294 e. The fraction of sp³-hybridized carbons (Fsp3) is 0.632. The van der Waals surface area contributed by atoms with Crippen LogP contribution >= 0.6 is 0 Å². The Kier molecular flexibility index (Phi) is 9.02. The van der Waals surface area contributed by atoms with Crippen LogP contribution in [0.3, 0.4) is 0 Å². The summed E-state index contributed by atoms with van der Waals surface area (Å²) < 4.78 is 0. The van der Waals surface area contributed by atoms with Crippen molar-refractivity contribution in [3.8, 4) is 0 Å². The molecule has 0 saturated carbocycles. The second-order valence-corrected chi connectivity index (χ2v) is 5.87. The van der Waals surface area contributed by atoms with E-state index in [0.29, 0.717) is 12.2 Å². The summed E-state index contributed by atoms with van der Waals surface area (Å²) in [5, 5.41) is 0. The molecule has 0 unspecified atom stereocenters. The Hall–Kier alpha value is -1.11. The number of benzene rings is 1. The van der Waals surface area contributed by atoms with Gasteiger partial charge in [0, 0.05) is 12.0 Å². The SMILES string of the molecule is CCCCCCCCCCCC(=O)c1cccc(C)c1. The van der Waals surface area contributed by atoms with Gasteiger partial charge >= 0.3 is 0 Å². The maximum Gasteiger partial charge on any atom is 0.162 e. The first-order valence-electron chi connectivity index (χ1n) is 8.34. The summed E-state index contributed by atoms with van der Waals surface area (Å²) >= 11 is 0. The van der Waals surface area contributed by atoms with Crippen molar-refractivity contribution >= 4 is 5.78 Å². The summed E-state index contributed by atoms with van der Waals surface area (Å²) in [5.74, 6) is 0.302. The molecule has 1 rings (SSSR count). The molecule has 0 heterocycles. The van der Waals surface area contributed by atoms with Gasteiger partial charge in [-0.2, -0.15) is 0 Å². The van der Waals surface area contributed by atoms with Gasteiger partial charge in [0.15, 0.2) is 5.78 Å². The third-order valence-electron chi connectivity index (χ3n) is 3.85. The van der Waals surface area contributed by atoms with Crippen molar-refractivity contribution in [2.45, 2.75) is 78.1 Å². The lowest BCUT2D eigenvalue weighted by Crippen LogP contribution is -1.99. The molecule has 0 atom stereocenters. The number of unbranched alkanes of at least 4 members (excludes halogenated alkanes) is 8. The first-order chi connectivity index (χ1) is 9.74. The van der Waals surface area contributed by atoms with Gasteiger partial charge in [-0.15, -0.1) is 0 Å². The third kappa shape index (κ3) is 7.47. The van der Waals surface area contributed by atoms with Gasteiger partial charge in [-0.05, 0) is 19.4 Å². The number of carbonyl (C=O) groups excluding carboxylic acids is 1. The molecule has 0 radical (unpaired) electrons. The highest BCUT2D eigenvalue weighted by atomic mass is 16.1. The summed E-state index contributed by atoms with van der Waals surface area (Å²) in [6.07, 6.45) is 12.4. The molecule has 1 heteroatoms. The first-order valence-corrected chi connectivity index (χ1v) is 8.34. The molecule has 0 bridgehead atoms. The maximum absolute atomic E-state index is 12.0. The van der Waals surface area contributed by atoms with Crippen LogP contribution in [-0.4, -0.2) is 5.78 Å². The molecule has 0 N–H and O–H groups in total. The van der Waals surface area contributed by atoms with Crippen molar-refractivity contribution in [1.29, 1.82) is 0 Å². The van der Waals surface area contributed by atoms with Crippen LogP contribution in [0.1, 0.15) is 87.1 Å². The van der Waals surface area contributed by atoms with Gasteiger partial charge in [-0.25, -0.2) is 0 Å². The van der Waals surface area contributed by atoms with Crippen LogP contribution in [0.5, 0.6) is 0 Å². The van der Waals surface area contributed by atoms with E-state index in [1.807, 2.05) is 31.2 Å². The predicted molar refractivity (Wildman–Crippen MR) is 87.4 cm³/mol. The second-order valence-electron chi connectivity index (χ2n) is 5.87. The molecule has 0 spiro atoms. The summed E-state index contributed by atoms with van der Waals surface area (Å²) in [7, 11) is 0. The molecule has 0 fully saturated rings. The van der Waals surface area contributed by atoms with Gasteiger partial charge in [-0.3, -0.25) is 4.79 Å². The van der Waals surface area contributed by atoms with Crippen molar-refractivity contribution in [3.63, 3.8) is 0 Å². The number of carbonyl (C=O) groups is 1. The van der Waals surface area contributed by atoms with Crippen LogP contribution in [-0.2, 0) is 0 Å². The van der Waals surface area contributed by atoms with Gasteiger partial charge in [0.1, 0.15) is 0 Å². The monoisotopic (exact) mass is 274 g/mol. The van der Waals surface area contributed by atoms with E-state index in [9.17, 15) is 4.79 Å². The molecule has 20 heavy (non-hydrogen) atoms. The van der Waals surface area contributed by atoms with Crippen LogP contribution in [0.25, 0.3) is 0 Å². The summed E-state index contributed by atoms with van der Waals surface area (Å²) in [4.78, 5) is 12.0. The topological polar surface area (TPSA) is 17.1 Å². The van der Waals surface area contributed by atoms with E-state index in [1.165, 1.54) is 56.9 Å². The fourth-order valence-corrected chi connectivity index (χ4v) is 2.56. The lowest BCUT2D eigenvalue weighted by Gasteiger charge is -2.03. The highest BCUT2D eigenvalue weighted by Gasteiger charge is 2.05. The normalized spacial score (nSPS) is 10.7. The molecule has 1 aromatic carbocycles. The number of hydrogen-bond donors (Lipinski definition) is 0. The maximum atomic E-state index is 12.0. The average molecular weight is 274 g/mol. The minimum atomic E-state index is 0.302. The second kappa shape index (κ2) is 10.7. The molecule has 0 aliphatic rings. The molecule has 0 saturated heterocycles. The number of ketones is 1. The Bertz CT molecular complexity index is 381. The van der Waals surface area contributed by atoms with Crippen molar-refractivity contribution in [2.75, 3.05) is 0 Å². The zero-order valence-corrected chi connectivity index (χ0v) is 13.3. The lowest BCUT2D eigenvalue weighted by atomic mass is 10.0. The Morgan fingerprint density at radius 1 is 0.900 bits per heavy atom. The Balaban J connectivity index is 2.02. The lowest BCUT2D eigenvalue weighted by molar-refractivity contribution is 0.0979. The molecule has 1 aromatic rings. The van der Waals surface area contributed by atoms with Crippen LogP contribution in [0.2, 0.25) is 0 Å². The molecule has 112 valence electrons. The van der Waals surface area contributed by atoms with Gasteiger partial charge in [0.2, 0.25) is 0 Å². The van der Waals surface area contributed by atoms with Gasteiger partial charge in [-0.1, -0.05) is 82.1 Å². The van der Waals surface area contributed by atoms with Gasteiger partial charge in [0.25, 0.3) is 0 Å². The number of rotatable bonds is 11. The van der Waals surface area contributed by atoms with Gasteiger partial charge < -0.3 is 0 Å². The van der Waals surface area contributed by atoms with Crippen molar-refractivity contribution in [3.05, 3.63) is 35.4 Å². The molecular weight excluding hydrogens is 244 g/mol. The Morgan fingerprint density at radius 2 is 1.50 bits per heavy atom. The number of aryl methyl sites for hydroxylation is 1. The standard InChI is InChI=1S/C19H30O/c1-3-4-5-6-7-8-9-10-11-15-19(20)18-14-12-13-17(2)16-18/h12-14,16H,3-11,15H2,1-2H3. The Morgan fingerprint density at radius 3 is 2.10 bits per heavy atom. The molecule has 0 aliphatic carbocycles. The Labute approximate surface area is 124 Å². The predicted octanol–water partition coefficient (Wildman–Crippen LogP) is 6.10. The minimum Gasteiger partial charge on any atom is -0.294 e. The number of hydrogen-bond acceptors (Lipinski definition) is 1. The van der Waals surface area contributed by atoms with Crippen LogP contribution in [0.4, 0.5) is 0 Å². The van der Waals surface area contributed by atoms with E-state index in [-0.39, 0.29) is 0 Å².